The summed E-state index contributed by atoms with van der Waals surface area (Å²) in [4.78, 5) is 0. The van der Waals surface area contributed by atoms with E-state index in [0.717, 1.165) is 37.4 Å². The van der Waals surface area contributed by atoms with E-state index in [1.165, 1.54) is 11.1 Å². The van der Waals surface area contributed by atoms with Crippen LogP contribution >= 0.6 is 12.6 Å². The fourth-order valence-corrected chi connectivity index (χ4v) is 1.76. The summed E-state index contributed by atoms with van der Waals surface area (Å²) >= 11 is 4.12. The summed E-state index contributed by atoms with van der Waals surface area (Å²) in [5.41, 5.74) is 3.59. The van der Waals surface area contributed by atoms with Gasteiger partial charge in [-0.1, -0.05) is 36.4 Å². The average Bonchev–Trinajstić information content (AvgIpc) is 2.42. The lowest BCUT2D eigenvalue weighted by Crippen LogP contribution is -2.07. The number of rotatable bonds is 10. The molecule has 0 atom stereocenters. The van der Waals surface area contributed by atoms with Gasteiger partial charge in [0.05, 0.1) is 19.8 Å². The number of ether oxygens (including phenoxy) is 2. The molecular formula is C16H24O2S. The fourth-order valence-electron chi connectivity index (χ4n) is 1.63. The molecule has 19 heavy (non-hydrogen) atoms. The molecule has 1 aromatic rings. The summed E-state index contributed by atoms with van der Waals surface area (Å²) < 4.78 is 10.9. The van der Waals surface area contributed by atoms with Crippen LogP contribution in [0.25, 0.3) is 5.57 Å². The van der Waals surface area contributed by atoms with Gasteiger partial charge in [-0.2, -0.15) is 12.6 Å². The van der Waals surface area contributed by atoms with Crippen LogP contribution in [0.1, 0.15) is 24.5 Å². The van der Waals surface area contributed by atoms with Gasteiger partial charge in [0.2, 0.25) is 0 Å². The van der Waals surface area contributed by atoms with Crippen LogP contribution in [0, 0.1) is 0 Å². The van der Waals surface area contributed by atoms with Gasteiger partial charge in [-0.05, 0) is 36.6 Å². The summed E-state index contributed by atoms with van der Waals surface area (Å²) in [6, 6.07) is 8.49. The molecule has 0 fully saturated rings. The number of thiol groups is 1. The maximum Gasteiger partial charge on any atom is 0.0700 e. The molecule has 0 radical (unpaired) electrons. The lowest BCUT2D eigenvalue weighted by atomic mass is 10.1. The molecule has 0 bridgehead atoms. The van der Waals surface area contributed by atoms with Crippen molar-refractivity contribution in [2.24, 2.45) is 0 Å². The Bertz CT molecular complexity index is 360. The van der Waals surface area contributed by atoms with Crippen LogP contribution in [0.2, 0.25) is 0 Å². The maximum atomic E-state index is 5.53. The van der Waals surface area contributed by atoms with Crippen molar-refractivity contribution in [2.45, 2.75) is 19.8 Å². The lowest BCUT2D eigenvalue weighted by molar-refractivity contribution is 0.0494. The first-order valence-corrected chi connectivity index (χ1v) is 7.38. The Labute approximate surface area is 122 Å². The molecule has 0 N–H and O–H groups in total. The monoisotopic (exact) mass is 280 g/mol. The molecule has 1 rings (SSSR count). The Morgan fingerprint density at radius 3 is 2.26 bits per heavy atom. The second-order valence-electron chi connectivity index (χ2n) is 4.53. The normalized spacial score (nSPS) is 10.6. The van der Waals surface area contributed by atoms with Gasteiger partial charge >= 0.3 is 0 Å². The molecule has 1 aromatic carbocycles. The number of benzene rings is 1. The minimum absolute atomic E-state index is 0.663. The van der Waals surface area contributed by atoms with Gasteiger partial charge in [-0.25, -0.2) is 0 Å². The van der Waals surface area contributed by atoms with Crippen molar-refractivity contribution in [1.82, 2.24) is 0 Å². The van der Waals surface area contributed by atoms with E-state index in [9.17, 15) is 0 Å². The molecule has 0 aromatic heterocycles. The molecule has 106 valence electrons. The summed E-state index contributed by atoms with van der Waals surface area (Å²) in [5.74, 6) is 0.876. The Morgan fingerprint density at radius 1 is 1.05 bits per heavy atom. The first-order chi connectivity index (χ1) is 9.24. The van der Waals surface area contributed by atoms with E-state index in [2.05, 4.69) is 43.5 Å². The zero-order chi connectivity index (χ0) is 13.9. The smallest absolute Gasteiger partial charge is 0.0700 e. The van der Waals surface area contributed by atoms with Gasteiger partial charge in [-0.3, -0.25) is 0 Å². The van der Waals surface area contributed by atoms with Gasteiger partial charge in [0.25, 0.3) is 0 Å². The second kappa shape index (κ2) is 10.1. The molecule has 2 nitrogen and oxygen atoms in total. The van der Waals surface area contributed by atoms with E-state index < -0.39 is 0 Å². The molecule has 0 aliphatic rings. The molecule has 3 heteroatoms. The van der Waals surface area contributed by atoms with Gasteiger partial charge in [0.15, 0.2) is 0 Å². The molecule has 0 saturated heterocycles. The third kappa shape index (κ3) is 7.41. The van der Waals surface area contributed by atoms with E-state index in [0.29, 0.717) is 13.2 Å². The highest BCUT2D eigenvalue weighted by Gasteiger charge is 1.96. The standard InChI is InChI=1S/C16H24O2S/c1-14(2)16-6-4-15(5-7-16)8-10-18-12-11-17-9-3-13-19/h4-7,19H,1,3,8-13H2,2H3. The minimum atomic E-state index is 0.663. The van der Waals surface area contributed by atoms with Crippen LogP contribution in [0.5, 0.6) is 0 Å². The molecule has 0 unspecified atom stereocenters. The Kier molecular flexibility index (Phi) is 8.63. The van der Waals surface area contributed by atoms with Crippen LogP contribution in [0.3, 0.4) is 0 Å². The van der Waals surface area contributed by atoms with E-state index in [1.807, 2.05) is 6.92 Å². The molecule has 0 saturated carbocycles. The topological polar surface area (TPSA) is 18.5 Å². The molecule has 0 spiro atoms. The van der Waals surface area contributed by atoms with Gasteiger partial charge in [-0.15, -0.1) is 0 Å². The lowest BCUT2D eigenvalue weighted by Gasteiger charge is -2.06. The minimum Gasteiger partial charge on any atom is -0.379 e. The largest absolute Gasteiger partial charge is 0.379 e. The Balaban J connectivity index is 2.07. The highest BCUT2D eigenvalue weighted by Crippen LogP contribution is 2.12. The van der Waals surface area contributed by atoms with Crippen LogP contribution in [-0.4, -0.2) is 32.2 Å². The summed E-state index contributed by atoms with van der Waals surface area (Å²) in [5, 5.41) is 0. The van der Waals surface area contributed by atoms with Crippen molar-refractivity contribution >= 4 is 18.2 Å². The van der Waals surface area contributed by atoms with Gasteiger partial charge in [0.1, 0.15) is 0 Å². The zero-order valence-electron chi connectivity index (χ0n) is 11.7. The van der Waals surface area contributed by atoms with Crippen molar-refractivity contribution in [2.75, 3.05) is 32.2 Å². The SMILES string of the molecule is C=C(C)c1ccc(CCOCCOCCCS)cc1. The molecule has 0 amide bonds. The Morgan fingerprint density at radius 2 is 1.68 bits per heavy atom. The van der Waals surface area contributed by atoms with Crippen molar-refractivity contribution in [1.29, 1.82) is 0 Å². The van der Waals surface area contributed by atoms with Crippen molar-refractivity contribution in [3.63, 3.8) is 0 Å². The molecule has 0 aliphatic carbocycles. The fraction of sp³-hybridized carbons (Fsp3) is 0.500. The second-order valence-corrected chi connectivity index (χ2v) is 4.98. The Hall–Kier alpha value is -0.770. The summed E-state index contributed by atoms with van der Waals surface area (Å²) in [6.45, 7) is 8.79. The third-order valence-electron chi connectivity index (χ3n) is 2.80. The van der Waals surface area contributed by atoms with Crippen LogP contribution in [-0.2, 0) is 15.9 Å². The summed E-state index contributed by atoms with van der Waals surface area (Å²) in [6.07, 6.45) is 1.94. The first kappa shape index (κ1) is 16.3. The van der Waals surface area contributed by atoms with Crippen LogP contribution in [0.4, 0.5) is 0 Å². The van der Waals surface area contributed by atoms with E-state index >= 15 is 0 Å². The van der Waals surface area contributed by atoms with Crippen LogP contribution < -0.4 is 0 Å². The number of hydrogen-bond acceptors (Lipinski definition) is 3. The predicted octanol–water partition coefficient (Wildman–Crippen LogP) is 3.62. The number of hydrogen-bond donors (Lipinski definition) is 1. The highest BCUT2D eigenvalue weighted by molar-refractivity contribution is 7.80. The predicted molar refractivity (Wildman–Crippen MR) is 85.0 cm³/mol. The van der Waals surface area contributed by atoms with Gasteiger partial charge < -0.3 is 9.47 Å². The van der Waals surface area contributed by atoms with E-state index in [4.69, 9.17) is 9.47 Å². The van der Waals surface area contributed by atoms with Gasteiger partial charge in [0, 0.05) is 6.61 Å². The highest BCUT2D eigenvalue weighted by atomic mass is 32.1. The average molecular weight is 280 g/mol. The quantitative estimate of drug-likeness (QED) is 0.521. The molecule has 0 heterocycles. The van der Waals surface area contributed by atoms with E-state index in [1.54, 1.807) is 0 Å². The molecule has 0 aliphatic heterocycles. The van der Waals surface area contributed by atoms with Crippen molar-refractivity contribution in [3.8, 4) is 0 Å². The van der Waals surface area contributed by atoms with Crippen molar-refractivity contribution in [3.05, 3.63) is 42.0 Å². The van der Waals surface area contributed by atoms with E-state index in [-0.39, 0.29) is 0 Å². The third-order valence-corrected chi connectivity index (χ3v) is 3.12. The maximum absolute atomic E-state index is 5.53. The number of allylic oxidation sites excluding steroid dienone is 1. The molecular weight excluding hydrogens is 256 g/mol. The van der Waals surface area contributed by atoms with Crippen molar-refractivity contribution < 1.29 is 9.47 Å². The zero-order valence-corrected chi connectivity index (χ0v) is 12.6. The first-order valence-electron chi connectivity index (χ1n) is 6.75. The van der Waals surface area contributed by atoms with Crippen LogP contribution in [0.15, 0.2) is 30.8 Å². The summed E-state index contributed by atoms with van der Waals surface area (Å²) in [7, 11) is 0.